The highest BCUT2D eigenvalue weighted by Gasteiger charge is 2.28. The number of hydrogen-bond donors (Lipinski definition) is 0. The fourth-order valence-corrected chi connectivity index (χ4v) is 4.28. The molecular weight excluding hydrogens is 360 g/mol. The van der Waals surface area contributed by atoms with Crippen LogP contribution >= 0.6 is 11.3 Å². The molecule has 0 aromatic carbocycles. The number of likely N-dealkylation sites (tertiary alicyclic amines) is 1. The first-order valence-electron chi connectivity index (χ1n) is 9.17. The summed E-state index contributed by atoms with van der Waals surface area (Å²) in [5.74, 6) is 1.77. The standard InChI is InChI=1S/C20H22N4O2S/c1-13-9-18(26-23-13)17-11-21-14(2)22-20(17)15-5-3-7-24(12-15)19(25)10-16-6-4-8-27-16/h4,6,8-9,11,15H,3,5,7,10,12H2,1-2H3/t15-/m0/s1. The lowest BCUT2D eigenvalue weighted by atomic mass is 9.91. The van der Waals surface area contributed by atoms with Crippen LogP contribution in [-0.4, -0.2) is 39.0 Å². The van der Waals surface area contributed by atoms with E-state index in [4.69, 9.17) is 9.51 Å². The molecule has 4 heterocycles. The van der Waals surface area contributed by atoms with Gasteiger partial charge >= 0.3 is 0 Å². The Bertz CT molecular complexity index is 935. The highest BCUT2D eigenvalue weighted by atomic mass is 32.1. The molecule has 0 N–H and O–H groups in total. The number of amides is 1. The van der Waals surface area contributed by atoms with Crippen LogP contribution in [0.3, 0.4) is 0 Å². The van der Waals surface area contributed by atoms with Crippen LogP contribution in [0.1, 0.15) is 40.8 Å². The van der Waals surface area contributed by atoms with Crippen LogP contribution in [0.2, 0.25) is 0 Å². The highest BCUT2D eigenvalue weighted by molar-refractivity contribution is 7.10. The van der Waals surface area contributed by atoms with Crippen molar-refractivity contribution in [3.05, 3.63) is 51.9 Å². The van der Waals surface area contributed by atoms with Crippen molar-refractivity contribution < 1.29 is 9.32 Å². The Morgan fingerprint density at radius 1 is 1.41 bits per heavy atom. The van der Waals surface area contributed by atoms with E-state index in [0.717, 1.165) is 47.0 Å². The van der Waals surface area contributed by atoms with Crippen molar-refractivity contribution >= 4 is 17.2 Å². The fourth-order valence-electron chi connectivity index (χ4n) is 3.58. The van der Waals surface area contributed by atoms with Crippen molar-refractivity contribution in [2.24, 2.45) is 0 Å². The monoisotopic (exact) mass is 382 g/mol. The second-order valence-electron chi connectivity index (χ2n) is 6.98. The van der Waals surface area contributed by atoms with Crippen LogP contribution in [0.5, 0.6) is 0 Å². The maximum atomic E-state index is 12.7. The maximum Gasteiger partial charge on any atom is 0.227 e. The topological polar surface area (TPSA) is 72.1 Å². The first kappa shape index (κ1) is 17.9. The molecule has 1 saturated heterocycles. The van der Waals surface area contributed by atoms with E-state index in [2.05, 4.69) is 10.1 Å². The molecule has 6 nitrogen and oxygen atoms in total. The van der Waals surface area contributed by atoms with Crippen molar-refractivity contribution in [1.29, 1.82) is 0 Å². The summed E-state index contributed by atoms with van der Waals surface area (Å²) in [6, 6.07) is 5.91. The number of aryl methyl sites for hydroxylation is 2. The van der Waals surface area contributed by atoms with Crippen molar-refractivity contribution in [3.63, 3.8) is 0 Å². The third kappa shape index (κ3) is 3.93. The molecule has 7 heteroatoms. The highest BCUT2D eigenvalue weighted by Crippen LogP contribution is 2.33. The summed E-state index contributed by atoms with van der Waals surface area (Å²) in [6.07, 6.45) is 4.25. The van der Waals surface area contributed by atoms with Crippen molar-refractivity contribution in [3.8, 4) is 11.3 Å². The molecule has 1 atom stereocenters. The van der Waals surface area contributed by atoms with E-state index in [1.54, 1.807) is 11.3 Å². The molecule has 1 fully saturated rings. The average molecular weight is 382 g/mol. The molecule has 0 aliphatic carbocycles. The van der Waals surface area contributed by atoms with E-state index in [1.807, 2.05) is 48.5 Å². The summed E-state index contributed by atoms with van der Waals surface area (Å²) < 4.78 is 5.46. The second kappa shape index (κ2) is 7.60. The van der Waals surface area contributed by atoms with Gasteiger partial charge in [-0.3, -0.25) is 4.79 Å². The zero-order valence-electron chi connectivity index (χ0n) is 15.5. The van der Waals surface area contributed by atoms with Crippen LogP contribution < -0.4 is 0 Å². The van der Waals surface area contributed by atoms with Gasteiger partial charge in [-0.2, -0.15) is 0 Å². The molecule has 0 spiro atoms. The number of thiophene rings is 1. The fraction of sp³-hybridized carbons (Fsp3) is 0.400. The van der Waals surface area contributed by atoms with E-state index in [0.29, 0.717) is 18.7 Å². The van der Waals surface area contributed by atoms with Crippen LogP contribution in [-0.2, 0) is 11.2 Å². The third-order valence-electron chi connectivity index (χ3n) is 4.90. The summed E-state index contributed by atoms with van der Waals surface area (Å²) >= 11 is 1.63. The molecule has 140 valence electrons. The number of nitrogens with zero attached hydrogens (tertiary/aromatic N) is 4. The maximum absolute atomic E-state index is 12.7. The predicted octanol–water partition coefficient (Wildman–Crippen LogP) is 3.76. The average Bonchev–Trinajstić information content (AvgIpc) is 3.33. The molecule has 1 aliphatic heterocycles. The molecular formula is C20H22N4O2S. The van der Waals surface area contributed by atoms with Crippen molar-refractivity contribution in [1.82, 2.24) is 20.0 Å². The van der Waals surface area contributed by atoms with Gasteiger partial charge < -0.3 is 9.42 Å². The van der Waals surface area contributed by atoms with E-state index >= 15 is 0 Å². The molecule has 0 saturated carbocycles. The minimum absolute atomic E-state index is 0.174. The van der Waals surface area contributed by atoms with Gasteiger partial charge in [-0.05, 0) is 38.1 Å². The number of carbonyl (C=O) groups excluding carboxylic acids is 1. The largest absolute Gasteiger partial charge is 0.356 e. The van der Waals surface area contributed by atoms with E-state index in [9.17, 15) is 4.79 Å². The zero-order chi connectivity index (χ0) is 18.8. The molecule has 0 unspecified atom stereocenters. The Hall–Kier alpha value is -2.54. The minimum Gasteiger partial charge on any atom is -0.356 e. The lowest BCUT2D eigenvalue weighted by molar-refractivity contribution is -0.131. The van der Waals surface area contributed by atoms with Crippen LogP contribution in [0.25, 0.3) is 11.3 Å². The number of aromatic nitrogens is 3. The second-order valence-corrected chi connectivity index (χ2v) is 8.02. The van der Waals surface area contributed by atoms with Gasteiger partial charge in [-0.1, -0.05) is 11.2 Å². The lowest BCUT2D eigenvalue weighted by Crippen LogP contribution is -2.40. The Morgan fingerprint density at radius 2 is 2.30 bits per heavy atom. The van der Waals surface area contributed by atoms with E-state index in [-0.39, 0.29) is 11.8 Å². The third-order valence-corrected chi connectivity index (χ3v) is 5.77. The number of rotatable bonds is 4. The molecule has 3 aromatic rings. The van der Waals surface area contributed by atoms with Gasteiger partial charge in [-0.25, -0.2) is 9.97 Å². The van der Waals surface area contributed by atoms with Crippen molar-refractivity contribution in [2.75, 3.05) is 13.1 Å². The molecule has 4 rings (SSSR count). The Kier molecular flexibility index (Phi) is 5.03. The Labute approximate surface area is 162 Å². The smallest absolute Gasteiger partial charge is 0.227 e. The predicted molar refractivity (Wildman–Crippen MR) is 104 cm³/mol. The lowest BCUT2D eigenvalue weighted by Gasteiger charge is -2.33. The quantitative estimate of drug-likeness (QED) is 0.687. The van der Waals surface area contributed by atoms with Crippen LogP contribution in [0.4, 0.5) is 0 Å². The molecule has 1 aliphatic rings. The molecule has 0 radical (unpaired) electrons. The summed E-state index contributed by atoms with van der Waals surface area (Å²) in [5, 5.41) is 6.00. The summed E-state index contributed by atoms with van der Waals surface area (Å²) in [4.78, 5) is 24.9. The molecule has 27 heavy (non-hydrogen) atoms. The summed E-state index contributed by atoms with van der Waals surface area (Å²) in [7, 11) is 0. The number of carbonyl (C=O) groups is 1. The number of hydrogen-bond acceptors (Lipinski definition) is 6. The van der Waals surface area contributed by atoms with Crippen LogP contribution in [0.15, 0.2) is 34.3 Å². The van der Waals surface area contributed by atoms with E-state index in [1.165, 1.54) is 0 Å². The Balaban J connectivity index is 1.57. The van der Waals surface area contributed by atoms with Crippen molar-refractivity contribution in [2.45, 2.75) is 39.0 Å². The summed E-state index contributed by atoms with van der Waals surface area (Å²) in [5.41, 5.74) is 2.65. The van der Waals surface area contributed by atoms with Gasteiger partial charge in [0.2, 0.25) is 5.91 Å². The van der Waals surface area contributed by atoms with Crippen LogP contribution in [0, 0.1) is 13.8 Å². The van der Waals surface area contributed by atoms with Gasteiger partial charge in [0.25, 0.3) is 0 Å². The summed E-state index contributed by atoms with van der Waals surface area (Å²) in [6.45, 7) is 5.27. The normalized spacial score (nSPS) is 17.3. The molecule has 0 bridgehead atoms. The van der Waals surface area contributed by atoms with Gasteiger partial charge in [0.15, 0.2) is 5.76 Å². The number of piperidine rings is 1. The van der Waals surface area contributed by atoms with Gasteiger partial charge in [0.1, 0.15) is 5.82 Å². The first-order valence-corrected chi connectivity index (χ1v) is 10.1. The van der Waals surface area contributed by atoms with Gasteiger partial charge in [-0.15, -0.1) is 11.3 Å². The first-order chi connectivity index (χ1) is 13.1. The minimum atomic E-state index is 0.174. The SMILES string of the molecule is Cc1cc(-c2cnc(C)nc2[C@H]2CCCN(C(=O)Cc3cccs3)C2)on1. The van der Waals surface area contributed by atoms with Gasteiger partial charge in [0.05, 0.1) is 23.4 Å². The molecule has 1 amide bonds. The van der Waals surface area contributed by atoms with Gasteiger partial charge in [0, 0.05) is 36.1 Å². The zero-order valence-corrected chi connectivity index (χ0v) is 16.3. The Morgan fingerprint density at radius 3 is 3.04 bits per heavy atom. The molecule has 3 aromatic heterocycles. The van der Waals surface area contributed by atoms with E-state index < -0.39 is 0 Å².